The highest BCUT2D eigenvalue weighted by molar-refractivity contribution is 5.75. The molecule has 0 saturated carbocycles. The van der Waals surface area contributed by atoms with Crippen molar-refractivity contribution < 1.29 is 18.0 Å². The molecule has 1 atom stereocenters. The van der Waals surface area contributed by atoms with Gasteiger partial charge in [-0.05, 0) is 32.2 Å². The lowest BCUT2D eigenvalue weighted by Crippen LogP contribution is -2.35. The minimum Gasteiger partial charge on any atom is -0.356 e. The number of hydrogen-bond donors (Lipinski definition) is 2. The van der Waals surface area contributed by atoms with E-state index in [1.807, 2.05) is 0 Å². The third-order valence-electron chi connectivity index (χ3n) is 3.09. The number of alkyl halides is 3. The first-order chi connectivity index (χ1) is 8.47. The van der Waals surface area contributed by atoms with Crippen LogP contribution < -0.4 is 10.6 Å². The first-order valence-electron chi connectivity index (χ1n) is 6.54. The van der Waals surface area contributed by atoms with Crippen molar-refractivity contribution in [1.82, 2.24) is 10.6 Å². The zero-order chi connectivity index (χ0) is 13.4. The summed E-state index contributed by atoms with van der Waals surface area (Å²) in [7, 11) is 0. The third kappa shape index (κ3) is 7.53. The number of rotatable bonds is 6. The highest BCUT2D eigenvalue weighted by atomic mass is 19.4. The summed E-state index contributed by atoms with van der Waals surface area (Å²) < 4.78 is 35.6. The number of carbonyl (C=O) groups excluding carboxylic acids is 1. The van der Waals surface area contributed by atoms with Crippen LogP contribution in [0.3, 0.4) is 0 Å². The van der Waals surface area contributed by atoms with E-state index in [1.165, 1.54) is 12.8 Å². The fourth-order valence-electron chi connectivity index (χ4n) is 2.08. The average Bonchev–Trinajstić information content (AvgIpc) is 2.32. The van der Waals surface area contributed by atoms with Crippen LogP contribution in [-0.2, 0) is 4.79 Å². The molecule has 0 aromatic rings. The summed E-state index contributed by atoms with van der Waals surface area (Å²) in [5.74, 6) is -0.149. The second-order valence-corrected chi connectivity index (χ2v) is 4.75. The Hall–Kier alpha value is -0.780. The van der Waals surface area contributed by atoms with Crippen LogP contribution in [0.15, 0.2) is 0 Å². The molecule has 0 aliphatic carbocycles. The van der Waals surface area contributed by atoms with Crippen LogP contribution in [0.1, 0.15) is 44.9 Å². The van der Waals surface area contributed by atoms with Gasteiger partial charge in [0.05, 0.1) is 0 Å². The Morgan fingerprint density at radius 1 is 1.33 bits per heavy atom. The molecule has 3 nitrogen and oxygen atoms in total. The Morgan fingerprint density at radius 2 is 2.11 bits per heavy atom. The normalized spacial score (nSPS) is 20.7. The highest BCUT2D eigenvalue weighted by Crippen LogP contribution is 2.20. The summed E-state index contributed by atoms with van der Waals surface area (Å²) in [6.45, 7) is 1.11. The Labute approximate surface area is 106 Å². The SMILES string of the molecule is O=C(CCC1CCCCN1)NCCCC(F)(F)F. The second kappa shape index (κ2) is 7.61. The molecule has 106 valence electrons. The van der Waals surface area contributed by atoms with E-state index in [-0.39, 0.29) is 18.9 Å². The average molecular weight is 266 g/mol. The molecule has 0 aromatic carbocycles. The van der Waals surface area contributed by atoms with Crippen LogP contribution in [0.4, 0.5) is 13.2 Å². The van der Waals surface area contributed by atoms with Gasteiger partial charge in [0.15, 0.2) is 0 Å². The third-order valence-corrected chi connectivity index (χ3v) is 3.09. The van der Waals surface area contributed by atoms with Crippen LogP contribution >= 0.6 is 0 Å². The number of halogens is 3. The Bertz CT molecular complexity index is 250. The number of nitrogens with one attached hydrogen (secondary N) is 2. The van der Waals surface area contributed by atoms with Gasteiger partial charge in [0.2, 0.25) is 5.91 Å². The van der Waals surface area contributed by atoms with Crippen molar-refractivity contribution in [2.45, 2.75) is 57.2 Å². The minimum absolute atomic E-state index is 0.0447. The molecule has 2 N–H and O–H groups in total. The molecule has 1 fully saturated rings. The molecule has 1 aliphatic rings. The molecule has 0 bridgehead atoms. The van der Waals surface area contributed by atoms with Crippen molar-refractivity contribution in [3.63, 3.8) is 0 Å². The summed E-state index contributed by atoms with van der Waals surface area (Å²) in [5.41, 5.74) is 0. The van der Waals surface area contributed by atoms with E-state index in [4.69, 9.17) is 0 Å². The maximum absolute atomic E-state index is 11.9. The van der Waals surface area contributed by atoms with E-state index >= 15 is 0 Å². The maximum atomic E-state index is 11.9. The fourth-order valence-corrected chi connectivity index (χ4v) is 2.08. The van der Waals surface area contributed by atoms with Crippen LogP contribution in [0.2, 0.25) is 0 Å². The van der Waals surface area contributed by atoms with E-state index in [2.05, 4.69) is 10.6 Å². The lowest BCUT2D eigenvalue weighted by molar-refractivity contribution is -0.136. The summed E-state index contributed by atoms with van der Waals surface area (Å²) in [5, 5.41) is 5.86. The molecular formula is C12H21F3N2O. The van der Waals surface area contributed by atoms with Crippen LogP contribution in [-0.4, -0.2) is 31.2 Å². The van der Waals surface area contributed by atoms with Crippen molar-refractivity contribution in [3.8, 4) is 0 Å². The van der Waals surface area contributed by atoms with Gasteiger partial charge >= 0.3 is 6.18 Å². The van der Waals surface area contributed by atoms with Crippen LogP contribution in [0, 0.1) is 0 Å². The van der Waals surface area contributed by atoms with Gasteiger partial charge in [-0.3, -0.25) is 4.79 Å². The number of piperidine rings is 1. The van der Waals surface area contributed by atoms with Gasteiger partial charge in [-0.2, -0.15) is 13.2 Å². The van der Waals surface area contributed by atoms with Gasteiger partial charge in [0.25, 0.3) is 0 Å². The van der Waals surface area contributed by atoms with Crippen LogP contribution in [0.25, 0.3) is 0 Å². The molecule has 0 radical (unpaired) electrons. The van der Waals surface area contributed by atoms with Gasteiger partial charge < -0.3 is 10.6 Å². The van der Waals surface area contributed by atoms with Gasteiger partial charge in [-0.15, -0.1) is 0 Å². The predicted octanol–water partition coefficient (Wildman–Crippen LogP) is 2.37. The monoisotopic (exact) mass is 266 g/mol. The molecule has 0 aromatic heterocycles. The molecular weight excluding hydrogens is 245 g/mol. The van der Waals surface area contributed by atoms with Crippen molar-refractivity contribution in [2.75, 3.05) is 13.1 Å². The number of hydrogen-bond acceptors (Lipinski definition) is 2. The summed E-state index contributed by atoms with van der Waals surface area (Å²) in [4.78, 5) is 11.4. The largest absolute Gasteiger partial charge is 0.389 e. The predicted molar refractivity (Wildman–Crippen MR) is 63.2 cm³/mol. The molecule has 1 rings (SSSR count). The Morgan fingerprint density at radius 3 is 2.72 bits per heavy atom. The van der Waals surface area contributed by atoms with Gasteiger partial charge in [0.1, 0.15) is 0 Å². The summed E-state index contributed by atoms with van der Waals surface area (Å²) in [6.07, 6.45) is -0.397. The summed E-state index contributed by atoms with van der Waals surface area (Å²) in [6, 6.07) is 0.389. The Kier molecular flexibility index (Phi) is 6.46. The molecule has 1 unspecified atom stereocenters. The molecule has 6 heteroatoms. The van der Waals surface area contributed by atoms with E-state index in [1.54, 1.807) is 0 Å². The molecule has 1 saturated heterocycles. The minimum atomic E-state index is -4.13. The van der Waals surface area contributed by atoms with Crippen molar-refractivity contribution in [3.05, 3.63) is 0 Å². The van der Waals surface area contributed by atoms with Gasteiger partial charge in [-0.25, -0.2) is 0 Å². The standard InChI is InChI=1S/C12H21F3N2O/c13-12(14,15)7-3-9-17-11(18)6-5-10-4-1-2-8-16-10/h10,16H,1-9H2,(H,17,18). The van der Waals surface area contributed by atoms with Crippen molar-refractivity contribution >= 4 is 5.91 Å². The van der Waals surface area contributed by atoms with E-state index in [0.29, 0.717) is 12.5 Å². The number of amides is 1. The molecule has 1 amide bonds. The van der Waals surface area contributed by atoms with Gasteiger partial charge in [0, 0.05) is 25.4 Å². The first-order valence-corrected chi connectivity index (χ1v) is 6.54. The highest BCUT2D eigenvalue weighted by Gasteiger charge is 2.25. The second-order valence-electron chi connectivity index (χ2n) is 4.75. The lowest BCUT2D eigenvalue weighted by atomic mass is 10.0. The lowest BCUT2D eigenvalue weighted by Gasteiger charge is -2.23. The Balaban J connectivity index is 2.00. The van der Waals surface area contributed by atoms with E-state index < -0.39 is 12.6 Å². The molecule has 18 heavy (non-hydrogen) atoms. The number of carbonyl (C=O) groups is 1. The summed E-state index contributed by atoms with van der Waals surface area (Å²) >= 11 is 0. The zero-order valence-corrected chi connectivity index (χ0v) is 10.5. The van der Waals surface area contributed by atoms with E-state index in [9.17, 15) is 18.0 Å². The maximum Gasteiger partial charge on any atom is 0.389 e. The molecule has 0 spiro atoms. The molecule has 1 aliphatic heterocycles. The first kappa shape index (κ1) is 15.3. The smallest absolute Gasteiger partial charge is 0.356 e. The van der Waals surface area contributed by atoms with E-state index in [0.717, 1.165) is 19.4 Å². The topological polar surface area (TPSA) is 41.1 Å². The van der Waals surface area contributed by atoms with Crippen molar-refractivity contribution in [2.24, 2.45) is 0 Å². The van der Waals surface area contributed by atoms with Gasteiger partial charge in [-0.1, -0.05) is 6.42 Å². The zero-order valence-electron chi connectivity index (χ0n) is 10.5. The quantitative estimate of drug-likeness (QED) is 0.725. The fraction of sp³-hybridized carbons (Fsp3) is 0.917. The van der Waals surface area contributed by atoms with Crippen molar-refractivity contribution in [1.29, 1.82) is 0 Å². The molecule has 1 heterocycles. The van der Waals surface area contributed by atoms with Crippen LogP contribution in [0.5, 0.6) is 0 Å².